The lowest BCUT2D eigenvalue weighted by molar-refractivity contribution is -0.743. The Kier molecular flexibility index (Phi) is 7.85. The van der Waals surface area contributed by atoms with E-state index in [2.05, 4.69) is 30.8 Å². The van der Waals surface area contributed by atoms with Gasteiger partial charge < -0.3 is 25.6 Å². The van der Waals surface area contributed by atoms with Gasteiger partial charge in [-0.05, 0) is 57.0 Å². The molecule has 4 N–H and O–H groups in total. The van der Waals surface area contributed by atoms with Gasteiger partial charge in [-0.25, -0.2) is 14.7 Å². The van der Waals surface area contributed by atoms with Crippen LogP contribution in [0.2, 0.25) is 0 Å². The number of anilines is 3. The van der Waals surface area contributed by atoms with Gasteiger partial charge >= 0.3 is 6.03 Å². The van der Waals surface area contributed by atoms with Gasteiger partial charge in [0.15, 0.2) is 6.67 Å². The number of hydrogen-bond acceptors (Lipinski definition) is 7. The number of nitrogens with one attached hydrogen (secondary N) is 4. The molecular weight excluding hydrogens is 508 g/mol. The van der Waals surface area contributed by atoms with Gasteiger partial charge in [-0.1, -0.05) is 13.0 Å². The van der Waals surface area contributed by atoms with Crippen molar-refractivity contribution >= 4 is 35.0 Å². The molecule has 3 amide bonds. The van der Waals surface area contributed by atoms with Gasteiger partial charge in [-0.15, -0.1) is 0 Å². The minimum atomic E-state index is -0.297. The van der Waals surface area contributed by atoms with E-state index in [-0.39, 0.29) is 17.5 Å². The molecular formula is C29H37N8O3+. The van der Waals surface area contributed by atoms with Crippen LogP contribution in [0, 0.1) is 6.92 Å². The molecule has 40 heavy (non-hydrogen) atoms. The Morgan fingerprint density at radius 3 is 2.67 bits per heavy atom. The van der Waals surface area contributed by atoms with Gasteiger partial charge in [0.25, 0.3) is 11.7 Å². The van der Waals surface area contributed by atoms with Crippen LogP contribution in [0.15, 0.2) is 65.8 Å². The molecule has 0 bridgehead atoms. The van der Waals surface area contributed by atoms with Crippen LogP contribution >= 0.6 is 0 Å². The number of aliphatic imine (C=N–C) groups is 1. The molecule has 2 aromatic rings. The summed E-state index contributed by atoms with van der Waals surface area (Å²) in [6, 6.07) is 9.25. The number of carbonyl (C=O) groups is 2. The number of morpholine rings is 1. The molecule has 11 heteroatoms. The van der Waals surface area contributed by atoms with Gasteiger partial charge in [-0.2, -0.15) is 4.99 Å². The number of nitrogens with zero attached hydrogens (tertiary/aromatic N) is 4. The second kappa shape index (κ2) is 11.5. The number of benzene rings is 1. The molecule has 0 saturated carbocycles. The molecule has 5 rings (SSSR count). The summed E-state index contributed by atoms with van der Waals surface area (Å²) in [5.41, 5.74) is 3.72. The van der Waals surface area contributed by atoms with Crippen molar-refractivity contribution in [3.05, 3.63) is 72.0 Å². The van der Waals surface area contributed by atoms with E-state index in [0.29, 0.717) is 44.4 Å². The zero-order valence-electron chi connectivity index (χ0n) is 23.5. The van der Waals surface area contributed by atoms with Crippen LogP contribution in [0.25, 0.3) is 0 Å². The average molecular weight is 546 g/mol. The van der Waals surface area contributed by atoms with Crippen molar-refractivity contribution in [3.63, 3.8) is 0 Å². The number of rotatable bonds is 7. The number of fused-ring (bicyclic) bond motifs is 1. The summed E-state index contributed by atoms with van der Waals surface area (Å²) in [5.74, 6) is 1.43. The van der Waals surface area contributed by atoms with Crippen molar-refractivity contribution in [2.45, 2.75) is 39.7 Å². The lowest BCUT2D eigenvalue weighted by atomic mass is 10.0. The summed E-state index contributed by atoms with van der Waals surface area (Å²) >= 11 is 0. The zero-order chi connectivity index (χ0) is 28.3. The summed E-state index contributed by atoms with van der Waals surface area (Å²) in [6.07, 6.45) is 8.24. The van der Waals surface area contributed by atoms with Crippen LogP contribution in [-0.4, -0.2) is 66.2 Å². The smallest absolute Gasteiger partial charge is 0.319 e. The lowest BCUT2D eigenvalue weighted by Gasteiger charge is -2.31. The van der Waals surface area contributed by atoms with E-state index < -0.39 is 0 Å². The van der Waals surface area contributed by atoms with Crippen LogP contribution in [0.3, 0.4) is 0 Å². The summed E-state index contributed by atoms with van der Waals surface area (Å²) in [7, 11) is 0. The summed E-state index contributed by atoms with van der Waals surface area (Å²) in [4.78, 5) is 39.5. The van der Waals surface area contributed by atoms with Crippen LogP contribution in [0.4, 0.5) is 22.0 Å². The van der Waals surface area contributed by atoms with Crippen molar-refractivity contribution in [2.75, 3.05) is 48.5 Å². The summed E-state index contributed by atoms with van der Waals surface area (Å²) in [5, 5.41) is 9.42. The lowest BCUT2D eigenvalue weighted by Crippen LogP contribution is -3.12. The normalized spacial score (nSPS) is 18.6. The van der Waals surface area contributed by atoms with Gasteiger partial charge in [0.05, 0.1) is 30.7 Å². The number of hydrogen-bond donors (Lipinski definition) is 4. The topological polar surface area (TPSA) is 116 Å². The first kappa shape index (κ1) is 27.4. The Morgan fingerprint density at radius 2 is 1.95 bits per heavy atom. The number of aromatic nitrogens is 1. The van der Waals surface area contributed by atoms with Gasteiger partial charge in [0.1, 0.15) is 17.7 Å². The molecule has 1 aromatic heterocycles. The molecule has 0 aliphatic carbocycles. The Morgan fingerprint density at radius 1 is 1.15 bits per heavy atom. The largest absolute Gasteiger partial charge is 0.378 e. The fourth-order valence-electron chi connectivity index (χ4n) is 4.73. The maximum Gasteiger partial charge on any atom is 0.319 e. The molecule has 1 unspecified atom stereocenters. The van der Waals surface area contributed by atoms with E-state index in [4.69, 9.17) is 4.74 Å². The summed E-state index contributed by atoms with van der Waals surface area (Å²) < 4.78 is 5.35. The molecule has 1 saturated heterocycles. The second-order valence-corrected chi connectivity index (χ2v) is 10.7. The number of pyridine rings is 1. The molecule has 3 aliphatic heterocycles. The monoisotopic (exact) mass is 545 g/mol. The summed E-state index contributed by atoms with van der Waals surface area (Å²) in [6.45, 7) is 11.0. The third-order valence-electron chi connectivity index (χ3n) is 7.43. The van der Waals surface area contributed by atoms with Gasteiger partial charge in [0, 0.05) is 36.7 Å². The SMILES string of the molecule is CCC(C)(C)NC(=O)Nc1cccc(N2C=C(Nc3ccc(C(=O)N4CCOCC4)cn3)C3=NC=C[NH+]3C2)c1C. The minimum Gasteiger partial charge on any atom is -0.378 e. The highest BCUT2D eigenvalue weighted by molar-refractivity contribution is 5.98. The number of amides is 3. The van der Waals surface area contributed by atoms with E-state index in [1.807, 2.05) is 64.4 Å². The van der Waals surface area contributed by atoms with Crippen LogP contribution < -0.4 is 25.8 Å². The van der Waals surface area contributed by atoms with E-state index in [9.17, 15) is 9.59 Å². The van der Waals surface area contributed by atoms with Crippen molar-refractivity contribution in [2.24, 2.45) is 4.99 Å². The molecule has 1 atom stereocenters. The Labute approximate surface area is 234 Å². The molecule has 11 nitrogen and oxygen atoms in total. The predicted octanol–water partition coefficient (Wildman–Crippen LogP) is 2.67. The maximum absolute atomic E-state index is 12.8. The highest BCUT2D eigenvalue weighted by atomic mass is 16.5. The molecule has 0 radical (unpaired) electrons. The highest BCUT2D eigenvalue weighted by Gasteiger charge is 2.32. The van der Waals surface area contributed by atoms with Crippen molar-refractivity contribution in [1.82, 2.24) is 15.2 Å². The molecule has 4 heterocycles. The number of quaternary nitrogens is 1. The molecule has 3 aliphatic rings. The van der Waals surface area contributed by atoms with Crippen LogP contribution in [-0.2, 0) is 4.74 Å². The minimum absolute atomic E-state index is 0.0405. The second-order valence-electron chi connectivity index (χ2n) is 10.7. The standard InChI is InChI=1S/C29H36N8O3/c1-5-29(3,4)34-28(39)33-22-7-6-8-24(20(22)2)37-18-23(26-30-11-12-36(26)19-37)32-25-10-9-21(17-31-25)27(38)35-13-15-40-16-14-35/h6-12,17-18H,5,13-16,19H2,1-4H3,(H,31,32)(H2,33,34,39)/p+1. The molecule has 1 fully saturated rings. The van der Waals surface area contributed by atoms with Gasteiger partial charge in [-0.3, -0.25) is 9.69 Å². The zero-order valence-corrected chi connectivity index (χ0v) is 23.5. The van der Waals surface area contributed by atoms with Gasteiger partial charge in [0.2, 0.25) is 0 Å². The number of carbonyl (C=O) groups excluding carboxylic acids is 2. The van der Waals surface area contributed by atoms with Crippen molar-refractivity contribution in [1.29, 1.82) is 0 Å². The molecule has 0 spiro atoms. The third-order valence-corrected chi connectivity index (χ3v) is 7.43. The first-order valence-corrected chi connectivity index (χ1v) is 13.6. The fourth-order valence-corrected chi connectivity index (χ4v) is 4.73. The Balaban J connectivity index is 1.34. The van der Waals surface area contributed by atoms with E-state index in [1.54, 1.807) is 23.4 Å². The fraction of sp³-hybridized carbons (Fsp3) is 0.379. The maximum atomic E-state index is 12.8. The van der Waals surface area contributed by atoms with E-state index in [0.717, 1.165) is 39.8 Å². The molecule has 1 aromatic carbocycles. The van der Waals surface area contributed by atoms with E-state index >= 15 is 0 Å². The number of urea groups is 1. The highest BCUT2D eigenvalue weighted by Crippen LogP contribution is 2.28. The Bertz CT molecular complexity index is 1360. The third kappa shape index (κ3) is 6.00. The average Bonchev–Trinajstić information content (AvgIpc) is 3.44. The van der Waals surface area contributed by atoms with Crippen molar-refractivity contribution < 1.29 is 19.2 Å². The number of amidine groups is 1. The predicted molar refractivity (Wildman–Crippen MR) is 155 cm³/mol. The van der Waals surface area contributed by atoms with Crippen LogP contribution in [0.1, 0.15) is 43.1 Å². The van der Waals surface area contributed by atoms with E-state index in [1.165, 1.54) is 0 Å². The number of ether oxygens (including phenoxy) is 1. The van der Waals surface area contributed by atoms with Crippen LogP contribution in [0.5, 0.6) is 0 Å². The first-order valence-electron chi connectivity index (χ1n) is 13.6. The quantitative estimate of drug-likeness (QED) is 0.425. The molecule has 210 valence electrons. The van der Waals surface area contributed by atoms with Crippen molar-refractivity contribution in [3.8, 4) is 0 Å². The Hall–Kier alpha value is -4.22. The first-order chi connectivity index (χ1) is 19.2.